The second kappa shape index (κ2) is 9.56. The molecule has 1 amide bonds. The molecular formula is C22H26N2O7S. The first-order valence-corrected chi connectivity index (χ1v) is 12.3. The van der Waals surface area contributed by atoms with E-state index < -0.39 is 10.0 Å². The van der Waals surface area contributed by atoms with E-state index in [2.05, 4.69) is 5.32 Å². The van der Waals surface area contributed by atoms with Crippen molar-refractivity contribution in [3.05, 3.63) is 42.5 Å². The number of benzene rings is 2. The predicted octanol–water partition coefficient (Wildman–Crippen LogP) is 1.96. The Hall–Kier alpha value is -3.14. The van der Waals surface area contributed by atoms with Gasteiger partial charge in [-0.25, -0.2) is 8.42 Å². The van der Waals surface area contributed by atoms with E-state index in [0.717, 1.165) is 6.26 Å². The molecule has 0 bridgehead atoms. The van der Waals surface area contributed by atoms with Gasteiger partial charge in [0.05, 0.1) is 18.5 Å². The molecule has 0 fully saturated rings. The number of ether oxygens (including phenoxy) is 4. The van der Waals surface area contributed by atoms with Gasteiger partial charge in [-0.15, -0.1) is 0 Å². The summed E-state index contributed by atoms with van der Waals surface area (Å²) in [6, 6.07) is 12.4. The zero-order valence-electron chi connectivity index (χ0n) is 17.8. The molecule has 9 nitrogen and oxygen atoms in total. The van der Waals surface area contributed by atoms with E-state index in [0.29, 0.717) is 61.5 Å². The van der Waals surface area contributed by atoms with Crippen molar-refractivity contribution in [3.8, 4) is 23.0 Å². The number of carbonyl (C=O) groups is 1. The van der Waals surface area contributed by atoms with Crippen LogP contribution < -0.4 is 28.6 Å². The summed E-state index contributed by atoms with van der Waals surface area (Å²) in [5.41, 5.74) is 0.476. The molecule has 10 heteroatoms. The number of amides is 1. The van der Waals surface area contributed by atoms with Gasteiger partial charge in [0.2, 0.25) is 15.9 Å². The fourth-order valence-corrected chi connectivity index (χ4v) is 4.49. The van der Waals surface area contributed by atoms with Gasteiger partial charge < -0.3 is 24.3 Å². The van der Waals surface area contributed by atoms with E-state index in [4.69, 9.17) is 18.9 Å². The summed E-state index contributed by atoms with van der Waals surface area (Å²) in [5.74, 6) is 2.26. The minimum absolute atomic E-state index is 0.169. The second-order valence-corrected chi connectivity index (χ2v) is 9.48. The average molecular weight is 463 g/mol. The van der Waals surface area contributed by atoms with Crippen molar-refractivity contribution in [3.63, 3.8) is 0 Å². The molecule has 4 rings (SSSR count). The lowest BCUT2D eigenvalue weighted by atomic mass is 10.2. The van der Waals surface area contributed by atoms with Gasteiger partial charge in [-0.05, 0) is 30.7 Å². The van der Waals surface area contributed by atoms with Crippen LogP contribution in [0.2, 0.25) is 0 Å². The van der Waals surface area contributed by atoms with E-state index in [1.165, 1.54) is 4.31 Å². The minimum Gasteiger partial charge on any atom is -0.486 e. The molecule has 0 unspecified atom stereocenters. The van der Waals surface area contributed by atoms with Crippen molar-refractivity contribution >= 4 is 21.6 Å². The Balaban J connectivity index is 1.27. The van der Waals surface area contributed by atoms with Crippen LogP contribution in [-0.4, -0.2) is 59.6 Å². The van der Waals surface area contributed by atoms with Crippen molar-refractivity contribution in [2.75, 3.05) is 43.5 Å². The van der Waals surface area contributed by atoms with Crippen molar-refractivity contribution in [2.45, 2.75) is 18.9 Å². The minimum atomic E-state index is -3.53. The van der Waals surface area contributed by atoms with E-state index in [9.17, 15) is 13.2 Å². The molecule has 32 heavy (non-hydrogen) atoms. The van der Waals surface area contributed by atoms with Gasteiger partial charge >= 0.3 is 0 Å². The quantitative estimate of drug-likeness (QED) is 0.640. The lowest BCUT2D eigenvalue weighted by molar-refractivity contribution is -0.121. The van der Waals surface area contributed by atoms with Crippen molar-refractivity contribution in [2.24, 2.45) is 0 Å². The zero-order valence-corrected chi connectivity index (χ0v) is 18.6. The zero-order chi connectivity index (χ0) is 22.6. The molecule has 1 N–H and O–H groups in total. The molecule has 0 saturated heterocycles. The summed E-state index contributed by atoms with van der Waals surface area (Å²) in [6.07, 6.45) is 1.40. The molecule has 0 spiro atoms. The molecule has 2 aliphatic heterocycles. The molecule has 0 radical (unpaired) electrons. The number of rotatable bonds is 8. The highest BCUT2D eigenvalue weighted by molar-refractivity contribution is 7.92. The molecule has 172 valence electrons. The summed E-state index contributed by atoms with van der Waals surface area (Å²) in [7, 11) is -3.53. The number of carbonyl (C=O) groups excluding carboxylic acids is 1. The van der Waals surface area contributed by atoms with E-state index in [-0.39, 0.29) is 25.0 Å². The topological polar surface area (TPSA) is 103 Å². The lowest BCUT2D eigenvalue weighted by Crippen LogP contribution is -2.41. The molecule has 1 atom stereocenters. The molecule has 0 saturated carbocycles. The fourth-order valence-electron chi connectivity index (χ4n) is 3.54. The first-order chi connectivity index (χ1) is 15.4. The third kappa shape index (κ3) is 5.37. The monoisotopic (exact) mass is 462 g/mol. The van der Waals surface area contributed by atoms with Crippen molar-refractivity contribution in [1.29, 1.82) is 0 Å². The smallest absolute Gasteiger partial charge is 0.232 e. The van der Waals surface area contributed by atoms with Crippen LogP contribution in [0.25, 0.3) is 0 Å². The van der Waals surface area contributed by atoms with Crippen LogP contribution in [0.1, 0.15) is 12.8 Å². The number of nitrogens with zero attached hydrogens (tertiary/aromatic N) is 1. The third-order valence-corrected chi connectivity index (χ3v) is 6.27. The maximum absolute atomic E-state index is 12.3. The summed E-state index contributed by atoms with van der Waals surface area (Å²) in [4.78, 5) is 12.3. The van der Waals surface area contributed by atoms with Gasteiger partial charge in [0.15, 0.2) is 23.0 Å². The summed E-state index contributed by atoms with van der Waals surface area (Å²) >= 11 is 0. The maximum Gasteiger partial charge on any atom is 0.232 e. The normalized spacial score (nSPS) is 16.8. The van der Waals surface area contributed by atoms with Crippen LogP contribution in [0, 0.1) is 0 Å². The summed E-state index contributed by atoms with van der Waals surface area (Å²) in [5, 5.41) is 2.83. The number of hydrogen-bond donors (Lipinski definition) is 1. The Labute approximate surface area is 187 Å². The molecule has 2 heterocycles. The molecule has 2 aromatic rings. The SMILES string of the molecule is CS(=O)(=O)N(CCCC(=O)NC[C@@H]1COc2ccccc2O1)c1ccc2c(c1)OCCO2. The first-order valence-electron chi connectivity index (χ1n) is 10.4. The highest BCUT2D eigenvalue weighted by atomic mass is 32.2. The van der Waals surface area contributed by atoms with E-state index in [1.807, 2.05) is 24.3 Å². The average Bonchev–Trinajstić information content (AvgIpc) is 2.79. The van der Waals surface area contributed by atoms with Crippen LogP contribution in [0.3, 0.4) is 0 Å². The van der Waals surface area contributed by atoms with Gasteiger partial charge in [0.1, 0.15) is 25.9 Å². The third-order valence-electron chi connectivity index (χ3n) is 5.07. The molecule has 0 aromatic heterocycles. The van der Waals surface area contributed by atoms with E-state index in [1.54, 1.807) is 18.2 Å². The maximum atomic E-state index is 12.3. The van der Waals surface area contributed by atoms with Gasteiger partial charge in [-0.2, -0.15) is 0 Å². The Morgan fingerprint density at radius 1 is 1.03 bits per heavy atom. The number of sulfonamides is 1. The molecule has 2 aromatic carbocycles. The number of anilines is 1. The molecule has 2 aliphatic rings. The van der Waals surface area contributed by atoms with Gasteiger partial charge in [-0.3, -0.25) is 9.10 Å². The second-order valence-electron chi connectivity index (χ2n) is 7.57. The Morgan fingerprint density at radius 3 is 2.53 bits per heavy atom. The highest BCUT2D eigenvalue weighted by Gasteiger charge is 2.23. The Morgan fingerprint density at radius 2 is 1.75 bits per heavy atom. The van der Waals surface area contributed by atoms with Crippen LogP contribution in [0.5, 0.6) is 23.0 Å². The van der Waals surface area contributed by atoms with Crippen LogP contribution in [0.15, 0.2) is 42.5 Å². The Bertz CT molecular complexity index is 1070. The summed E-state index contributed by atoms with van der Waals surface area (Å²) in [6.45, 7) is 1.70. The number of nitrogens with one attached hydrogen (secondary N) is 1. The van der Waals surface area contributed by atoms with Crippen LogP contribution in [0.4, 0.5) is 5.69 Å². The lowest BCUT2D eigenvalue weighted by Gasteiger charge is -2.26. The largest absolute Gasteiger partial charge is 0.486 e. The first kappa shape index (κ1) is 22.1. The van der Waals surface area contributed by atoms with Gasteiger partial charge in [0, 0.05) is 19.0 Å². The Kier molecular flexibility index (Phi) is 6.59. The fraction of sp³-hybridized carbons (Fsp3) is 0.409. The van der Waals surface area contributed by atoms with Crippen LogP contribution in [-0.2, 0) is 14.8 Å². The highest BCUT2D eigenvalue weighted by Crippen LogP contribution is 2.35. The molecular weight excluding hydrogens is 436 g/mol. The van der Waals surface area contributed by atoms with E-state index >= 15 is 0 Å². The number of para-hydroxylation sites is 2. The number of fused-ring (bicyclic) bond motifs is 2. The summed E-state index contributed by atoms with van der Waals surface area (Å²) < 4.78 is 48.4. The van der Waals surface area contributed by atoms with Crippen molar-refractivity contribution < 1.29 is 32.2 Å². The predicted molar refractivity (Wildman–Crippen MR) is 118 cm³/mol. The standard InChI is InChI=1S/C22H26N2O7S/c1-32(26,27)24(16-8-9-19-21(13-16)29-12-11-28-19)10-4-7-22(25)23-14-17-15-30-18-5-2-3-6-20(18)31-17/h2-3,5-6,8-9,13,17H,4,7,10-12,14-15H2,1H3,(H,23,25)/t17-/m1/s1. The van der Waals surface area contributed by atoms with Crippen molar-refractivity contribution in [1.82, 2.24) is 5.32 Å². The molecule has 0 aliphatic carbocycles. The van der Waals surface area contributed by atoms with Gasteiger partial charge in [0.25, 0.3) is 0 Å². The van der Waals surface area contributed by atoms with Gasteiger partial charge in [-0.1, -0.05) is 12.1 Å². The number of hydrogen-bond acceptors (Lipinski definition) is 7. The van der Waals surface area contributed by atoms with Crippen LogP contribution >= 0.6 is 0 Å².